The van der Waals surface area contributed by atoms with Crippen LogP contribution in [-0.4, -0.2) is 42.9 Å². The van der Waals surface area contributed by atoms with E-state index in [0.717, 1.165) is 48.1 Å². The number of anilines is 1. The van der Waals surface area contributed by atoms with Gasteiger partial charge in [-0.3, -0.25) is 4.90 Å². The molecule has 21 heavy (non-hydrogen) atoms. The molecular formula is C16H20N4S. The normalized spacial score (nSPS) is 17.0. The standard InChI is InChI=1S/C16H20N4S/c1-3-21-16-6-4-5-15(14(16)12-18)20-9-7-19(8-10-20)13(2)11-17/h4-6,13H,3,7-10H2,1-2H3. The van der Waals surface area contributed by atoms with E-state index in [0.29, 0.717) is 0 Å². The summed E-state index contributed by atoms with van der Waals surface area (Å²) in [6.07, 6.45) is 0. The van der Waals surface area contributed by atoms with E-state index in [1.807, 2.05) is 25.1 Å². The van der Waals surface area contributed by atoms with E-state index >= 15 is 0 Å². The molecule has 1 atom stereocenters. The van der Waals surface area contributed by atoms with Gasteiger partial charge >= 0.3 is 0 Å². The van der Waals surface area contributed by atoms with Crippen molar-refractivity contribution >= 4 is 17.4 Å². The Balaban J connectivity index is 2.16. The zero-order chi connectivity index (χ0) is 15.2. The molecule has 1 saturated heterocycles. The number of nitriles is 2. The highest BCUT2D eigenvalue weighted by atomic mass is 32.2. The minimum absolute atomic E-state index is 0.0374. The molecule has 0 aromatic heterocycles. The molecule has 0 radical (unpaired) electrons. The zero-order valence-electron chi connectivity index (χ0n) is 12.5. The van der Waals surface area contributed by atoms with Crippen LogP contribution in [0, 0.1) is 22.7 Å². The third-order valence-corrected chi connectivity index (χ3v) is 4.75. The van der Waals surface area contributed by atoms with Crippen molar-refractivity contribution in [3.05, 3.63) is 23.8 Å². The highest BCUT2D eigenvalue weighted by Gasteiger charge is 2.23. The molecule has 4 nitrogen and oxygen atoms in total. The summed E-state index contributed by atoms with van der Waals surface area (Å²) in [4.78, 5) is 5.51. The van der Waals surface area contributed by atoms with Crippen LogP contribution in [-0.2, 0) is 0 Å². The first-order chi connectivity index (χ1) is 10.2. The van der Waals surface area contributed by atoms with Crippen molar-refractivity contribution in [2.24, 2.45) is 0 Å². The van der Waals surface area contributed by atoms with Gasteiger partial charge in [0.2, 0.25) is 0 Å². The summed E-state index contributed by atoms with van der Waals surface area (Å²) in [5.74, 6) is 0.964. The summed E-state index contributed by atoms with van der Waals surface area (Å²) in [5, 5.41) is 18.5. The van der Waals surface area contributed by atoms with Crippen molar-refractivity contribution in [1.82, 2.24) is 4.90 Å². The second-order valence-corrected chi connectivity index (χ2v) is 6.33. The van der Waals surface area contributed by atoms with Gasteiger partial charge in [-0.1, -0.05) is 13.0 Å². The number of piperazine rings is 1. The fraction of sp³-hybridized carbons (Fsp3) is 0.500. The van der Waals surface area contributed by atoms with Crippen LogP contribution in [0.5, 0.6) is 0 Å². The van der Waals surface area contributed by atoms with Gasteiger partial charge in [0, 0.05) is 31.1 Å². The van der Waals surface area contributed by atoms with Crippen LogP contribution >= 0.6 is 11.8 Å². The van der Waals surface area contributed by atoms with Gasteiger partial charge in [-0.05, 0) is 24.8 Å². The molecule has 1 aromatic carbocycles. The number of rotatable bonds is 4. The molecule has 5 heteroatoms. The predicted molar refractivity (Wildman–Crippen MR) is 86.4 cm³/mol. The largest absolute Gasteiger partial charge is 0.368 e. The molecule has 0 spiro atoms. The Morgan fingerprint density at radius 3 is 2.52 bits per heavy atom. The van der Waals surface area contributed by atoms with Crippen molar-refractivity contribution in [2.75, 3.05) is 36.8 Å². The minimum atomic E-state index is -0.0374. The first-order valence-electron chi connectivity index (χ1n) is 7.25. The molecule has 2 rings (SSSR count). The van der Waals surface area contributed by atoms with Crippen LogP contribution in [0.3, 0.4) is 0 Å². The molecule has 0 amide bonds. The molecule has 1 fully saturated rings. The maximum absolute atomic E-state index is 9.49. The first-order valence-corrected chi connectivity index (χ1v) is 8.24. The monoisotopic (exact) mass is 300 g/mol. The number of thioether (sulfide) groups is 1. The number of benzene rings is 1. The Morgan fingerprint density at radius 1 is 1.24 bits per heavy atom. The van der Waals surface area contributed by atoms with Gasteiger partial charge in [0.25, 0.3) is 0 Å². The average molecular weight is 300 g/mol. The summed E-state index contributed by atoms with van der Waals surface area (Å²) < 4.78 is 0. The fourth-order valence-electron chi connectivity index (χ4n) is 2.60. The Kier molecular flexibility index (Phi) is 5.50. The van der Waals surface area contributed by atoms with Gasteiger partial charge in [0.05, 0.1) is 23.4 Å². The highest BCUT2D eigenvalue weighted by Crippen LogP contribution is 2.30. The molecule has 0 bridgehead atoms. The van der Waals surface area contributed by atoms with Gasteiger partial charge in [-0.15, -0.1) is 11.8 Å². The van der Waals surface area contributed by atoms with Gasteiger partial charge in [0.15, 0.2) is 0 Å². The molecule has 0 N–H and O–H groups in total. The van der Waals surface area contributed by atoms with Gasteiger partial charge in [0.1, 0.15) is 6.07 Å². The lowest BCUT2D eigenvalue weighted by Gasteiger charge is -2.37. The maximum atomic E-state index is 9.49. The first kappa shape index (κ1) is 15.7. The third kappa shape index (κ3) is 3.50. The van der Waals surface area contributed by atoms with E-state index in [4.69, 9.17) is 5.26 Å². The van der Waals surface area contributed by atoms with E-state index in [1.165, 1.54) is 0 Å². The topological polar surface area (TPSA) is 54.1 Å². The van der Waals surface area contributed by atoms with Crippen molar-refractivity contribution in [3.63, 3.8) is 0 Å². The lowest BCUT2D eigenvalue weighted by molar-refractivity contribution is 0.231. The second kappa shape index (κ2) is 7.36. The van der Waals surface area contributed by atoms with Gasteiger partial charge in [-0.25, -0.2) is 0 Å². The average Bonchev–Trinajstić information content (AvgIpc) is 2.54. The SMILES string of the molecule is CCSc1cccc(N2CCN(C(C)C#N)CC2)c1C#N. The Bertz CT molecular complexity index is 565. The van der Waals surface area contributed by atoms with E-state index < -0.39 is 0 Å². The summed E-state index contributed by atoms with van der Waals surface area (Å²) in [5.41, 5.74) is 1.81. The predicted octanol–water partition coefficient (Wildman–Crippen LogP) is 2.70. The third-order valence-electron chi connectivity index (χ3n) is 3.81. The Hall–Kier alpha value is -1.69. The molecular weight excluding hydrogens is 280 g/mol. The number of hydrogen-bond donors (Lipinski definition) is 0. The van der Waals surface area contributed by atoms with E-state index in [-0.39, 0.29) is 6.04 Å². The quantitative estimate of drug-likeness (QED) is 0.800. The summed E-state index contributed by atoms with van der Waals surface area (Å²) in [7, 11) is 0. The zero-order valence-corrected chi connectivity index (χ0v) is 13.4. The fourth-order valence-corrected chi connectivity index (χ4v) is 3.38. The molecule has 0 saturated carbocycles. The minimum Gasteiger partial charge on any atom is -0.368 e. The Morgan fingerprint density at radius 2 is 1.95 bits per heavy atom. The summed E-state index contributed by atoms with van der Waals surface area (Å²) >= 11 is 1.71. The molecule has 110 valence electrons. The molecule has 0 aliphatic carbocycles. The lowest BCUT2D eigenvalue weighted by atomic mass is 10.1. The van der Waals surface area contributed by atoms with E-state index in [9.17, 15) is 5.26 Å². The number of nitrogens with zero attached hydrogens (tertiary/aromatic N) is 4. The van der Waals surface area contributed by atoms with E-state index in [2.05, 4.69) is 28.9 Å². The van der Waals surface area contributed by atoms with Crippen LogP contribution < -0.4 is 4.90 Å². The van der Waals surface area contributed by atoms with Crippen LogP contribution in [0.15, 0.2) is 23.1 Å². The Labute approximate surface area is 131 Å². The second-order valence-electron chi connectivity index (χ2n) is 5.02. The summed E-state index contributed by atoms with van der Waals surface area (Å²) in [6.45, 7) is 7.49. The highest BCUT2D eigenvalue weighted by molar-refractivity contribution is 7.99. The molecule has 1 aromatic rings. The molecule has 1 heterocycles. The van der Waals surface area contributed by atoms with Crippen LogP contribution in [0.2, 0.25) is 0 Å². The van der Waals surface area contributed by atoms with Crippen LogP contribution in [0.4, 0.5) is 5.69 Å². The van der Waals surface area contributed by atoms with Crippen molar-refractivity contribution in [2.45, 2.75) is 24.8 Å². The van der Waals surface area contributed by atoms with Crippen molar-refractivity contribution in [1.29, 1.82) is 10.5 Å². The van der Waals surface area contributed by atoms with Crippen molar-refractivity contribution < 1.29 is 0 Å². The maximum Gasteiger partial charge on any atom is 0.103 e. The lowest BCUT2D eigenvalue weighted by Crippen LogP contribution is -2.49. The van der Waals surface area contributed by atoms with Crippen LogP contribution in [0.1, 0.15) is 19.4 Å². The smallest absolute Gasteiger partial charge is 0.103 e. The summed E-state index contributed by atoms with van der Waals surface area (Å²) in [6, 6.07) is 10.7. The molecule has 1 unspecified atom stereocenters. The van der Waals surface area contributed by atoms with Gasteiger partial charge < -0.3 is 4.90 Å². The van der Waals surface area contributed by atoms with Crippen LogP contribution in [0.25, 0.3) is 0 Å². The molecule has 1 aliphatic rings. The molecule has 1 aliphatic heterocycles. The van der Waals surface area contributed by atoms with Gasteiger partial charge in [-0.2, -0.15) is 10.5 Å². The van der Waals surface area contributed by atoms with Crippen molar-refractivity contribution in [3.8, 4) is 12.1 Å². The van der Waals surface area contributed by atoms with E-state index in [1.54, 1.807) is 11.8 Å². The number of hydrogen-bond acceptors (Lipinski definition) is 5.